The van der Waals surface area contributed by atoms with Crippen LogP contribution in [0.3, 0.4) is 0 Å². The van der Waals surface area contributed by atoms with E-state index in [0.717, 1.165) is 50.4 Å². The molecule has 234 valence electrons. The molecule has 4 aromatic rings. The van der Waals surface area contributed by atoms with Crippen molar-refractivity contribution >= 4 is 29.0 Å². The van der Waals surface area contributed by atoms with Crippen LogP contribution in [0.4, 0.5) is 29.2 Å². The minimum atomic E-state index is -4.64. The van der Waals surface area contributed by atoms with Crippen LogP contribution in [0.5, 0.6) is 5.75 Å². The van der Waals surface area contributed by atoms with Crippen LogP contribution in [0.25, 0.3) is 16.8 Å². The molecule has 2 aliphatic heterocycles. The summed E-state index contributed by atoms with van der Waals surface area (Å²) in [5, 5.41) is 2.29. The molecule has 5 heterocycles. The van der Waals surface area contributed by atoms with Crippen LogP contribution >= 0.6 is 0 Å². The number of carbonyl (C=O) groups excluding carboxylic acids is 2. The predicted octanol–water partition coefficient (Wildman–Crippen LogP) is 5.44. The number of anilines is 2. The Bertz CT molecular complexity index is 1850. The summed E-state index contributed by atoms with van der Waals surface area (Å²) < 4.78 is 63.1. The van der Waals surface area contributed by atoms with Crippen molar-refractivity contribution in [2.24, 2.45) is 5.41 Å². The number of alkyl halides is 3. The van der Waals surface area contributed by atoms with Crippen molar-refractivity contribution in [2.75, 3.05) is 24.2 Å². The van der Waals surface area contributed by atoms with Crippen molar-refractivity contribution in [2.45, 2.75) is 57.2 Å². The summed E-state index contributed by atoms with van der Waals surface area (Å²) in [4.78, 5) is 41.1. The molecule has 3 N–H and O–H groups in total. The van der Waals surface area contributed by atoms with Gasteiger partial charge in [0.05, 0.1) is 23.1 Å². The molecule has 7 rings (SSSR count). The van der Waals surface area contributed by atoms with Gasteiger partial charge in [-0.05, 0) is 63.3 Å². The van der Waals surface area contributed by atoms with Gasteiger partial charge in [0.15, 0.2) is 0 Å². The van der Waals surface area contributed by atoms with Crippen molar-refractivity contribution < 1.29 is 31.9 Å². The summed E-state index contributed by atoms with van der Waals surface area (Å²) >= 11 is 0. The van der Waals surface area contributed by atoms with Gasteiger partial charge < -0.3 is 20.7 Å². The topological polar surface area (TPSA) is 128 Å². The lowest BCUT2D eigenvalue weighted by molar-refractivity contribution is -0.137. The maximum atomic E-state index is 16.1. The summed E-state index contributed by atoms with van der Waals surface area (Å²) in [5.41, 5.74) is 5.41. The number of hydrogen-bond acceptors (Lipinski definition) is 7. The lowest BCUT2D eigenvalue weighted by Crippen LogP contribution is -2.41. The third kappa shape index (κ3) is 4.92. The van der Waals surface area contributed by atoms with Crippen molar-refractivity contribution in [3.8, 4) is 17.0 Å². The molecule has 3 aliphatic rings. The standard InChI is InChI=1S/C31H29F4N7O3/c1-2-45-21-12-17(28(43)39-22-13-18(5-8-37-22)31(33,34)35)11-20(32)23(21)24-25-26(36)38-9-10-41(25)27(40-24)16-3-4-19-14-30(6-7-30)29(44)42(19)15-16/h5,8-13,16,19H,2-4,6-7,14-15H2,1H3,(H2,36,38)(H,37,39,43)/t16-,19+/m1/s1. The van der Waals surface area contributed by atoms with Crippen LogP contribution in [0.15, 0.2) is 42.9 Å². The molecule has 1 spiro atoms. The second-order valence-corrected chi connectivity index (χ2v) is 11.9. The van der Waals surface area contributed by atoms with E-state index in [0.29, 0.717) is 24.0 Å². The zero-order chi connectivity index (χ0) is 31.7. The number of fused-ring (bicyclic) bond motifs is 2. The summed E-state index contributed by atoms with van der Waals surface area (Å²) in [6.45, 7) is 2.29. The van der Waals surface area contributed by atoms with Gasteiger partial charge in [-0.25, -0.2) is 19.3 Å². The molecule has 1 saturated carbocycles. The van der Waals surface area contributed by atoms with Crippen LogP contribution < -0.4 is 15.8 Å². The van der Waals surface area contributed by atoms with E-state index in [1.807, 2.05) is 4.90 Å². The number of nitrogens with one attached hydrogen (secondary N) is 1. The first kappa shape index (κ1) is 29.0. The van der Waals surface area contributed by atoms with Gasteiger partial charge in [-0.15, -0.1) is 0 Å². The number of pyridine rings is 1. The molecular weight excluding hydrogens is 594 g/mol. The molecule has 2 atom stereocenters. The molecule has 0 radical (unpaired) electrons. The zero-order valence-electron chi connectivity index (χ0n) is 24.2. The Kier molecular flexibility index (Phi) is 6.71. The molecule has 14 heteroatoms. The number of nitrogen functional groups attached to an aromatic ring is 1. The van der Waals surface area contributed by atoms with Crippen molar-refractivity contribution in [1.29, 1.82) is 0 Å². The molecule has 2 amide bonds. The highest BCUT2D eigenvalue weighted by Crippen LogP contribution is 2.58. The molecule has 1 aliphatic carbocycles. The third-order valence-corrected chi connectivity index (χ3v) is 9.06. The Morgan fingerprint density at radius 3 is 2.71 bits per heavy atom. The first-order valence-corrected chi connectivity index (χ1v) is 14.7. The fourth-order valence-electron chi connectivity index (χ4n) is 6.74. The van der Waals surface area contributed by atoms with Crippen LogP contribution in [0.1, 0.15) is 66.7 Å². The largest absolute Gasteiger partial charge is 0.493 e. The first-order valence-electron chi connectivity index (χ1n) is 14.7. The molecule has 1 aromatic carbocycles. The number of benzene rings is 1. The fraction of sp³-hybridized carbons (Fsp3) is 0.387. The Morgan fingerprint density at radius 1 is 1.18 bits per heavy atom. The second-order valence-electron chi connectivity index (χ2n) is 11.9. The first-order chi connectivity index (χ1) is 21.5. The number of rotatable bonds is 6. The van der Waals surface area contributed by atoms with Crippen molar-refractivity contribution in [3.63, 3.8) is 0 Å². The SMILES string of the molecule is CCOc1cc(C(=O)Nc2cc(C(F)(F)F)ccn2)cc(F)c1-c1nc([C@@H]2CC[C@H]3CC4(CC4)C(=O)N3C2)n2ccnc(N)c12. The number of piperidine rings is 1. The van der Waals surface area contributed by atoms with Gasteiger partial charge in [0.1, 0.15) is 40.2 Å². The molecule has 0 bridgehead atoms. The summed E-state index contributed by atoms with van der Waals surface area (Å²) in [7, 11) is 0. The van der Waals surface area contributed by atoms with Gasteiger partial charge in [-0.1, -0.05) is 0 Å². The molecule has 3 aromatic heterocycles. The summed E-state index contributed by atoms with van der Waals surface area (Å²) in [5.74, 6) is -1.31. The molecular formula is C31H29F4N7O3. The van der Waals surface area contributed by atoms with Gasteiger partial charge in [0.2, 0.25) is 5.91 Å². The maximum absolute atomic E-state index is 16.1. The smallest absolute Gasteiger partial charge is 0.416 e. The van der Waals surface area contributed by atoms with E-state index >= 15 is 4.39 Å². The van der Waals surface area contributed by atoms with Crippen LogP contribution in [-0.2, 0) is 11.0 Å². The number of amides is 2. The van der Waals surface area contributed by atoms with E-state index in [-0.39, 0.29) is 64.1 Å². The number of aromatic nitrogens is 4. The zero-order valence-corrected chi connectivity index (χ0v) is 24.2. The lowest BCUT2D eigenvalue weighted by atomic mass is 9.91. The number of nitrogens with zero attached hydrogens (tertiary/aromatic N) is 5. The molecule has 45 heavy (non-hydrogen) atoms. The fourth-order valence-corrected chi connectivity index (χ4v) is 6.74. The minimum absolute atomic E-state index is 0.0106. The summed E-state index contributed by atoms with van der Waals surface area (Å²) in [6.07, 6.45) is 3.90. The Morgan fingerprint density at radius 2 is 1.98 bits per heavy atom. The van der Waals surface area contributed by atoms with E-state index in [1.54, 1.807) is 17.5 Å². The van der Waals surface area contributed by atoms with E-state index in [9.17, 15) is 22.8 Å². The van der Waals surface area contributed by atoms with E-state index < -0.39 is 23.5 Å². The van der Waals surface area contributed by atoms with E-state index in [2.05, 4.69) is 15.3 Å². The Balaban J connectivity index is 1.26. The number of hydrogen-bond donors (Lipinski definition) is 2. The molecule has 2 saturated heterocycles. The minimum Gasteiger partial charge on any atom is -0.493 e. The predicted molar refractivity (Wildman–Crippen MR) is 155 cm³/mol. The van der Waals surface area contributed by atoms with Crippen LogP contribution in [0, 0.1) is 11.2 Å². The Hall–Kier alpha value is -4.75. The highest BCUT2D eigenvalue weighted by molar-refractivity contribution is 6.05. The number of carbonyl (C=O) groups is 2. The van der Waals surface area contributed by atoms with E-state index in [4.69, 9.17) is 15.5 Å². The molecule has 3 fully saturated rings. The molecule has 10 nitrogen and oxygen atoms in total. The normalized spacial score (nSPS) is 20.5. The number of ether oxygens (including phenoxy) is 1. The number of imidazole rings is 1. The Labute approximate surface area is 254 Å². The number of halogens is 4. The van der Waals surface area contributed by atoms with E-state index in [1.165, 1.54) is 12.3 Å². The highest BCUT2D eigenvalue weighted by atomic mass is 19.4. The quantitative estimate of drug-likeness (QED) is 0.274. The van der Waals surface area contributed by atoms with Gasteiger partial charge in [0.25, 0.3) is 5.91 Å². The van der Waals surface area contributed by atoms with Gasteiger partial charge in [-0.3, -0.25) is 14.0 Å². The number of nitrogens with two attached hydrogens (primary N) is 1. The monoisotopic (exact) mass is 623 g/mol. The van der Waals surface area contributed by atoms with Gasteiger partial charge in [-0.2, -0.15) is 13.2 Å². The van der Waals surface area contributed by atoms with Crippen molar-refractivity contribution in [3.05, 3.63) is 65.6 Å². The lowest BCUT2D eigenvalue weighted by Gasteiger charge is -2.34. The maximum Gasteiger partial charge on any atom is 0.416 e. The average molecular weight is 624 g/mol. The average Bonchev–Trinajstić information content (AvgIpc) is 3.60. The highest BCUT2D eigenvalue weighted by Gasteiger charge is 2.60. The van der Waals surface area contributed by atoms with Crippen LogP contribution in [-0.4, -0.2) is 55.3 Å². The summed E-state index contributed by atoms with van der Waals surface area (Å²) in [6, 6.07) is 3.95. The van der Waals surface area contributed by atoms with Crippen molar-refractivity contribution in [1.82, 2.24) is 24.3 Å². The second kappa shape index (κ2) is 10.4. The molecule has 0 unspecified atom stereocenters. The van der Waals surface area contributed by atoms with Gasteiger partial charge in [0, 0.05) is 42.7 Å². The van der Waals surface area contributed by atoms with Gasteiger partial charge >= 0.3 is 6.18 Å². The third-order valence-electron chi connectivity index (χ3n) is 9.06. The van der Waals surface area contributed by atoms with Crippen LogP contribution in [0.2, 0.25) is 0 Å².